The third-order valence-corrected chi connectivity index (χ3v) is 4.85. The van der Waals surface area contributed by atoms with Crippen molar-refractivity contribution in [2.45, 2.75) is 9.07 Å². The van der Waals surface area contributed by atoms with E-state index in [0.29, 0.717) is 4.90 Å². The molecule has 5 heteroatoms. The van der Waals surface area contributed by atoms with Crippen molar-refractivity contribution in [3.05, 3.63) is 42.6 Å². The van der Waals surface area contributed by atoms with Gasteiger partial charge < -0.3 is 8.42 Å². The first-order valence-corrected chi connectivity index (χ1v) is 9.23. The maximum absolute atomic E-state index is 10.2. The van der Waals surface area contributed by atoms with Crippen LogP contribution in [-0.4, -0.2) is 23.2 Å². The normalized spacial score (nSPS) is 12.6. The summed E-state index contributed by atoms with van der Waals surface area (Å²) in [6, 6.07) is 8.23. The summed E-state index contributed by atoms with van der Waals surface area (Å²) in [5.41, 5.74) is 0. The van der Waals surface area contributed by atoms with E-state index in [0.717, 1.165) is 0 Å². The van der Waals surface area contributed by atoms with Gasteiger partial charge in [-0.3, -0.25) is 0 Å². The summed E-state index contributed by atoms with van der Waals surface area (Å²) in [4.78, 5) is 0.331. The second kappa shape index (κ2) is 6.95. The molecule has 14 heavy (non-hydrogen) atoms. The predicted octanol–water partition coefficient (Wildman–Crippen LogP) is 1.50. The maximum Gasteiger partial charge on any atom is -0.0469 e. The molecule has 0 saturated carbocycles. The van der Waals surface area contributed by atoms with Crippen LogP contribution in [0.3, 0.4) is 0 Å². The molecule has 0 bridgehead atoms. The van der Waals surface area contributed by atoms with Crippen LogP contribution < -0.4 is 3.30 Å². The Bertz CT molecular complexity index is 348. The molecule has 0 unspecified atom stereocenters. The molecular weight excluding hydrogens is 301 g/mol. The van der Waals surface area contributed by atoms with Crippen LogP contribution in [0.5, 0.6) is 0 Å². The average molecular weight is 311 g/mol. The number of allylic oxidation sites excluding steroid dienone is 1. The van der Waals surface area contributed by atoms with E-state index in [9.17, 15) is 8.42 Å². The molecular formula is C9H10InNO2S-. The summed E-state index contributed by atoms with van der Waals surface area (Å²) in [6.07, 6.45) is 4.28. The molecule has 0 saturated heterocycles. The van der Waals surface area contributed by atoms with E-state index in [1.54, 1.807) is 30.3 Å². The molecule has 2 rings (SSSR count). The zero-order valence-electron chi connectivity index (χ0n) is 7.55. The van der Waals surface area contributed by atoms with Crippen LogP contribution in [0.4, 0.5) is 0 Å². The monoisotopic (exact) mass is 311 g/mol. The van der Waals surface area contributed by atoms with Crippen molar-refractivity contribution < 1.29 is 8.42 Å². The Labute approximate surface area is 96.9 Å². The van der Waals surface area contributed by atoms with Gasteiger partial charge in [0.05, 0.1) is 0 Å². The molecule has 73 valence electrons. The van der Waals surface area contributed by atoms with Gasteiger partial charge in [-0.2, -0.15) is 0 Å². The van der Waals surface area contributed by atoms with Gasteiger partial charge in [0.25, 0.3) is 0 Å². The van der Waals surface area contributed by atoms with Crippen LogP contribution >= 0.6 is 0 Å². The van der Waals surface area contributed by atoms with Gasteiger partial charge in [0, 0.05) is 0 Å². The zero-order chi connectivity index (χ0) is 10.2. The van der Waals surface area contributed by atoms with Crippen molar-refractivity contribution in [3.63, 3.8) is 0 Å². The topological polar surface area (TPSA) is 46.2 Å². The van der Waals surface area contributed by atoms with E-state index < -0.39 is 10.7 Å². The van der Waals surface area contributed by atoms with Crippen LogP contribution in [0, 0.1) is 0 Å². The van der Waals surface area contributed by atoms with Gasteiger partial charge in [-0.15, -0.1) is 0 Å². The number of rotatable bonds is 1. The molecule has 0 spiro atoms. The molecule has 1 aromatic rings. The first-order chi connectivity index (χ1) is 6.80. The quantitative estimate of drug-likeness (QED) is 0.800. The summed E-state index contributed by atoms with van der Waals surface area (Å²) in [6.45, 7) is 0. The van der Waals surface area contributed by atoms with Crippen molar-refractivity contribution in [2.24, 2.45) is 0 Å². The smallest absolute Gasteiger partial charge is 0.0469 e. The third kappa shape index (κ3) is 4.72. The number of hydrogen-bond donors (Lipinski definition) is 1. The number of hydrogen-bond acceptors (Lipinski definition) is 4. The van der Waals surface area contributed by atoms with Crippen LogP contribution in [0.1, 0.15) is 0 Å². The largest absolute Gasteiger partial charge is 0.420 e. The molecule has 0 amide bonds. The van der Waals surface area contributed by atoms with Crippen LogP contribution in [-0.2, 0) is 19.1 Å². The van der Waals surface area contributed by atoms with Gasteiger partial charge in [0.2, 0.25) is 0 Å². The van der Waals surface area contributed by atoms with Gasteiger partial charge in [-0.1, -0.05) is 35.2 Å². The van der Waals surface area contributed by atoms with Gasteiger partial charge in [0.1, 0.15) is 0 Å². The Morgan fingerprint density at radius 1 is 1.21 bits per heavy atom. The summed E-state index contributed by atoms with van der Waals surface area (Å²) in [5.74, 6) is 0. The summed E-state index contributed by atoms with van der Waals surface area (Å²) < 4.78 is 25.0. The first-order valence-electron chi connectivity index (χ1n) is 4.18. The fourth-order valence-electron chi connectivity index (χ4n) is 0.872. The van der Waals surface area contributed by atoms with Crippen molar-refractivity contribution in [2.75, 3.05) is 0 Å². The van der Waals surface area contributed by atoms with Gasteiger partial charge >= 0.3 is 43.0 Å². The van der Waals surface area contributed by atoms with E-state index in [1.165, 1.54) is 4.18 Å². The summed E-state index contributed by atoms with van der Waals surface area (Å²) in [7, 11) is -2.08. The van der Waals surface area contributed by atoms with Crippen molar-refractivity contribution in [1.29, 1.82) is 0 Å². The van der Waals surface area contributed by atoms with E-state index >= 15 is 0 Å². The third-order valence-electron chi connectivity index (χ3n) is 1.52. The number of benzene rings is 1. The molecule has 0 fully saturated rings. The fraction of sp³-hybridized carbons (Fsp3) is 0.111. The van der Waals surface area contributed by atoms with Crippen LogP contribution in [0.15, 0.2) is 47.5 Å². The Balaban J connectivity index is 0.000000165. The molecule has 0 aromatic heterocycles. The van der Waals surface area contributed by atoms with E-state index in [-0.39, 0.29) is 23.2 Å². The molecule has 1 radical (unpaired) electrons. The van der Waals surface area contributed by atoms with E-state index in [1.807, 2.05) is 0 Å². The summed E-state index contributed by atoms with van der Waals surface area (Å²) in [5, 5.41) is 0. The molecule has 1 aromatic carbocycles. The zero-order valence-corrected chi connectivity index (χ0v) is 11.7. The minimum atomic E-state index is -2.08. The molecule has 0 atom stereocenters. The maximum atomic E-state index is 10.2. The first kappa shape index (κ1) is 11.7. The van der Waals surface area contributed by atoms with E-state index in [4.69, 9.17) is 0 Å². The molecule has 1 heterocycles. The number of nitrogens with one attached hydrogen (secondary N) is 1. The van der Waals surface area contributed by atoms with Gasteiger partial charge in [-0.25, -0.2) is 0 Å². The Morgan fingerprint density at radius 3 is 2.21 bits per heavy atom. The SMILES string of the molecule is C1=C[NH][In][CH2]1.O=[S-](=O)c1ccccc1. The van der Waals surface area contributed by atoms with Gasteiger partial charge in [-0.05, 0) is 10.7 Å². The van der Waals surface area contributed by atoms with Crippen molar-refractivity contribution in [3.8, 4) is 0 Å². The average Bonchev–Trinajstić information content (AvgIpc) is 2.77. The predicted molar refractivity (Wildman–Crippen MR) is 56.3 cm³/mol. The molecule has 1 N–H and O–H groups in total. The van der Waals surface area contributed by atoms with Crippen LogP contribution in [0.25, 0.3) is 0 Å². The second-order valence-corrected chi connectivity index (χ2v) is 6.96. The standard InChI is InChI=1S/C6H5O2S.C3H5N.In/c7-9(8)6-4-2-1-3-5-6;1-2-3-4;/h1-5H;2-4H,1H2;/q2*-1;+1. The second-order valence-electron chi connectivity index (χ2n) is 2.56. The molecule has 1 aliphatic rings. The Hall–Kier alpha value is -0.420. The van der Waals surface area contributed by atoms with Crippen LogP contribution in [0.2, 0.25) is 4.18 Å². The molecule has 3 nitrogen and oxygen atoms in total. The minimum absolute atomic E-state index is 0.170. The van der Waals surface area contributed by atoms with E-state index in [2.05, 4.69) is 15.6 Å². The molecule has 0 aliphatic carbocycles. The summed E-state index contributed by atoms with van der Waals surface area (Å²) >= 11 is -0.170. The van der Waals surface area contributed by atoms with Gasteiger partial charge in [0.15, 0.2) is 0 Å². The molecule has 1 aliphatic heterocycles. The van der Waals surface area contributed by atoms with Crippen molar-refractivity contribution in [1.82, 2.24) is 3.30 Å². The Morgan fingerprint density at radius 2 is 1.93 bits per heavy atom. The minimum Gasteiger partial charge on any atom is -0.420 e. The van der Waals surface area contributed by atoms with Crippen molar-refractivity contribution >= 4 is 33.9 Å². The Kier molecular flexibility index (Phi) is 5.79. The fourth-order valence-corrected chi connectivity index (χ4v) is 3.19.